The Morgan fingerprint density at radius 1 is 1.28 bits per heavy atom. The summed E-state index contributed by atoms with van der Waals surface area (Å²) in [6, 6.07) is 8.87. The van der Waals surface area contributed by atoms with E-state index < -0.39 is 12.0 Å². The van der Waals surface area contributed by atoms with Gasteiger partial charge in [-0.1, -0.05) is 29.8 Å². The van der Waals surface area contributed by atoms with Gasteiger partial charge < -0.3 is 0 Å². The highest BCUT2D eigenvalue weighted by Crippen LogP contribution is 2.38. The number of fused-ring (bicyclic) bond motifs is 1. The minimum atomic E-state index is -2.78. The molecule has 0 radical (unpaired) electrons. The fourth-order valence-corrected chi connectivity index (χ4v) is 3.32. The Hall–Kier alpha value is -2.41. The molecule has 2 aromatic heterocycles. The minimum Gasteiger partial charge on any atom is -0.299 e. The number of halogens is 2. The average molecular weight is 359 g/mol. The highest BCUT2D eigenvalue weighted by atomic mass is 32.1. The normalized spacial score (nSPS) is 14.4. The number of nitrogens with one attached hydrogen (secondary N) is 1. The van der Waals surface area contributed by atoms with Crippen molar-refractivity contribution < 1.29 is 8.78 Å². The molecule has 1 aliphatic rings. The van der Waals surface area contributed by atoms with Crippen LogP contribution in [0.3, 0.4) is 0 Å². The number of alkyl halides is 2. The van der Waals surface area contributed by atoms with Crippen LogP contribution in [0.1, 0.15) is 36.4 Å². The van der Waals surface area contributed by atoms with Crippen molar-refractivity contribution in [2.24, 2.45) is 0 Å². The van der Waals surface area contributed by atoms with Crippen LogP contribution in [0.2, 0.25) is 0 Å². The fourth-order valence-electron chi connectivity index (χ4n) is 2.99. The number of nitrogens with zero attached hydrogens (tertiary/aromatic N) is 2. The Balaban J connectivity index is 2.10. The zero-order valence-electron chi connectivity index (χ0n) is 13.4. The van der Waals surface area contributed by atoms with Gasteiger partial charge >= 0.3 is 0 Å². The third-order valence-corrected chi connectivity index (χ3v) is 4.72. The number of hydrogen-bond donors (Lipinski definition) is 1. The first kappa shape index (κ1) is 16.1. The van der Waals surface area contributed by atoms with Gasteiger partial charge in [-0.15, -0.1) is 0 Å². The molecule has 4 rings (SSSR count). The summed E-state index contributed by atoms with van der Waals surface area (Å²) in [5.41, 5.74) is 1.52. The van der Waals surface area contributed by atoms with Crippen LogP contribution in [0.5, 0.6) is 0 Å². The van der Waals surface area contributed by atoms with Crippen LogP contribution >= 0.6 is 12.2 Å². The van der Waals surface area contributed by atoms with Gasteiger partial charge in [-0.3, -0.25) is 14.3 Å². The van der Waals surface area contributed by atoms with E-state index in [4.69, 9.17) is 12.2 Å². The number of benzene rings is 1. The zero-order valence-corrected chi connectivity index (χ0v) is 14.2. The molecular formula is C18H15F2N3OS. The van der Waals surface area contributed by atoms with Crippen molar-refractivity contribution in [2.45, 2.75) is 32.2 Å². The molecule has 4 nitrogen and oxygen atoms in total. The summed E-state index contributed by atoms with van der Waals surface area (Å²) in [6.07, 6.45) is -0.981. The lowest BCUT2D eigenvalue weighted by atomic mass is 10.1. The van der Waals surface area contributed by atoms with Gasteiger partial charge in [0.05, 0.1) is 11.1 Å². The van der Waals surface area contributed by atoms with E-state index in [1.165, 1.54) is 6.07 Å². The van der Waals surface area contributed by atoms with Gasteiger partial charge in [0.2, 0.25) is 0 Å². The first-order valence-corrected chi connectivity index (χ1v) is 8.41. The van der Waals surface area contributed by atoms with Crippen LogP contribution < -0.4 is 5.56 Å². The molecule has 0 saturated heterocycles. The monoisotopic (exact) mass is 359 g/mol. The molecule has 1 saturated carbocycles. The Labute approximate surface area is 147 Å². The van der Waals surface area contributed by atoms with Gasteiger partial charge in [0.15, 0.2) is 4.77 Å². The third-order valence-electron chi connectivity index (χ3n) is 4.42. The molecule has 25 heavy (non-hydrogen) atoms. The van der Waals surface area contributed by atoms with Gasteiger partial charge in [0, 0.05) is 17.2 Å². The van der Waals surface area contributed by atoms with Crippen molar-refractivity contribution in [1.29, 1.82) is 0 Å². The van der Waals surface area contributed by atoms with E-state index in [1.54, 1.807) is 4.57 Å². The van der Waals surface area contributed by atoms with Crippen LogP contribution in [-0.4, -0.2) is 14.5 Å². The number of H-pyrrole nitrogens is 1. The third kappa shape index (κ3) is 2.78. The first-order chi connectivity index (χ1) is 12.0. The van der Waals surface area contributed by atoms with Crippen LogP contribution in [-0.2, 0) is 0 Å². The van der Waals surface area contributed by atoms with Crippen molar-refractivity contribution in [3.8, 4) is 11.3 Å². The van der Waals surface area contributed by atoms with Crippen molar-refractivity contribution in [3.05, 3.63) is 56.6 Å². The number of aromatic amines is 1. The second-order valence-corrected chi connectivity index (χ2v) is 6.71. The Morgan fingerprint density at radius 3 is 2.56 bits per heavy atom. The number of rotatable bonds is 3. The molecule has 1 N–H and O–H groups in total. The van der Waals surface area contributed by atoms with Gasteiger partial charge in [-0.05, 0) is 38.0 Å². The molecule has 0 spiro atoms. The topological polar surface area (TPSA) is 50.7 Å². The largest absolute Gasteiger partial charge is 0.299 e. The number of aromatic nitrogens is 3. The number of hydrogen-bond acceptors (Lipinski definition) is 3. The SMILES string of the molecule is Cc1ccc(-c2cc(C(F)F)c3c(=O)[nH]c(=S)n(C4CC4)c3n2)cc1. The van der Waals surface area contributed by atoms with E-state index in [0.717, 1.165) is 24.0 Å². The Morgan fingerprint density at radius 2 is 1.96 bits per heavy atom. The maximum atomic E-state index is 13.7. The lowest BCUT2D eigenvalue weighted by Crippen LogP contribution is -2.17. The maximum Gasteiger partial charge on any atom is 0.264 e. The van der Waals surface area contributed by atoms with Crippen molar-refractivity contribution in [1.82, 2.24) is 14.5 Å². The molecule has 2 heterocycles. The number of pyridine rings is 1. The average Bonchev–Trinajstić information content (AvgIpc) is 3.39. The fraction of sp³-hybridized carbons (Fsp3) is 0.278. The molecule has 128 valence electrons. The van der Waals surface area contributed by atoms with E-state index in [1.807, 2.05) is 31.2 Å². The number of aryl methyl sites for hydroxylation is 1. The molecule has 1 aliphatic carbocycles. The lowest BCUT2D eigenvalue weighted by molar-refractivity contribution is 0.153. The van der Waals surface area contributed by atoms with Crippen molar-refractivity contribution in [2.75, 3.05) is 0 Å². The van der Waals surface area contributed by atoms with E-state index in [-0.39, 0.29) is 27.4 Å². The Kier molecular flexibility index (Phi) is 3.76. The molecule has 0 unspecified atom stereocenters. The van der Waals surface area contributed by atoms with E-state index >= 15 is 0 Å². The van der Waals surface area contributed by atoms with Gasteiger partial charge in [-0.2, -0.15) is 0 Å². The van der Waals surface area contributed by atoms with Gasteiger partial charge in [0.25, 0.3) is 12.0 Å². The van der Waals surface area contributed by atoms with E-state index in [0.29, 0.717) is 5.69 Å². The molecule has 3 aromatic rings. The molecule has 0 atom stereocenters. The van der Waals surface area contributed by atoms with Crippen LogP contribution in [0.15, 0.2) is 35.1 Å². The second-order valence-electron chi connectivity index (χ2n) is 6.32. The van der Waals surface area contributed by atoms with Crippen molar-refractivity contribution in [3.63, 3.8) is 0 Å². The highest BCUT2D eigenvalue weighted by Gasteiger charge is 2.28. The second kappa shape index (κ2) is 5.84. The highest BCUT2D eigenvalue weighted by molar-refractivity contribution is 7.71. The minimum absolute atomic E-state index is 0.0774. The Bertz CT molecular complexity index is 1080. The summed E-state index contributed by atoms with van der Waals surface area (Å²) in [6.45, 7) is 1.95. The van der Waals surface area contributed by atoms with Gasteiger partial charge in [0.1, 0.15) is 5.65 Å². The van der Waals surface area contributed by atoms with Crippen LogP contribution in [0.25, 0.3) is 22.3 Å². The standard InChI is InChI=1S/C18H15F2N3OS/c1-9-2-4-10(5-3-9)13-8-12(15(19)20)14-16(21-13)23(11-6-7-11)18(25)22-17(14)24/h2-5,8,11,15H,6-7H2,1H3,(H,22,24,25). The summed E-state index contributed by atoms with van der Waals surface area (Å²) in [7, 11) is 0. The predicted molar refractivity (Wildman–Crippen MR) is 94.6 cm³/mol. The van der Waals surface area contributed by atoms with Crippen LogP contribution in [0.4, 0.5) is 8.78 Å². The summed E-state index contributed by atoms with van der Waals surface area (Å²) in [5.74, 6) is 0. The van der Waals surface area contributed by atoms with E-state index in [9.17, 15) is 13.6 Å². The van der Waals surface area contributed by atoms with Crippen LogP contribution in [0, 0.1) is 11.7 Å². The van der Waals surface area contributed by atoms with Gasteiger partial charge in [-0.25, -0.2) is 13.8 Å². The summed E-state index contributed by atoms with van der Waals surface area (Å²) >= 11 is 5.25. The molecule has 1 aromatic carbocycles. The first-order valence-electron chi connectivity index (χ1n) is 8.00. The molecular weight excluding hydrogens is 344 g/mol. The quantitative estimate of drug-likeness (QED) is 0.690. The molecule has 0 aliphatic heterocycles. The summed E-state index contributed by atoms with van der Waals surface area (Å²) in [5, 5.41) is -0.0774. The molecule has 0 bridgehead atoms. The van der Waals surface area contributed by atoms with E-state index in [2.05, 4.69) is 9.97 Å². The van der Waals surface area contributed by atoms with Crippen molar-refractivity contribution >= 4 is 23.3 Å². The molecule has 0 amide bonds. The molecule has 7 heteroatoms. The molecule has 1 fully saturated rings. The summed E-state index contributed by atoms with van der Waals surface area (Å²) < 4.78 is 29.3. The zero-order chi connectivity index (χ0) is 17.7. The maximum absolute atomic E-state index is 13.7. The summed E-state index contributed by atoms with van der Waals surface area (Å²) in [4.78, 5) is 19.4. The predicted octanol–water partition coefficient (Wildman–Crippen LogP) is 4.70. The lowest BCUT2D eigenvalue weighted by Gasteiger charge is -2.14. The smallest absolute Gasteiger partial charge is 0.264 e.